The number of ether oxygens (including phenoxy) is 2. The molecule has 0 bridgehead atoms. The van der Waals surface area contributed by atoms with Gasteiger partial charge >= 0.3 is 11.9 Å². The third-order valence-corrected chi connectivity index (χ3v) is 6.36. The molecule has 0 atom stereocenters. The molecule has 2 aromatic carbocycles. The molecule has 0 heterocycles. The van der Waals surface area contributed by atoms with Gasteiger partial charge in [0, 0.05) is 25.9 Å². The SMILES string of the molecule is BC(=O)N(CC(=O)NCCCCCC(=O)OCc1ccccc1)CC(=O)NCCCCCC(=O)OCc1ccccc1. The molecule has 10 nitrogen and oxygen atoms in total. The Morgan fingerprint density at radius 2 is 1.00 bits per heavy atom. The van der Waals surface area contributed by atoms with Crippen LogP contribution in [-0.4, -0.2) is 68.5 Å². The van der Waals surface area contributed by atoms with E-state index in [0.29, 0.717) is 51.6 Å². The molecule has 11 heteroatoms. The van der Waals surface area contributed by atoms with Crippen molar-refractivity contribution in [2.24, 2.45) is 0 Å². The van der Waals surface area contributed by atoms with E-state index in [1.54, 1.807) is 0 Å². The van der Waals surface area contributed by atoms with Gasteiger partial charge in [-0.25, -0.2) is 0 Å². The standard InChI is InChI=1S/C31H42BN3O7/c32-31(40)35(21-27(36)33-19-11-3-9-17-29(38)41-23-25-13-5-1-6-14-25)22-28(37)34-20-12-4-10-18-30(39)42-24-26-15-7-2-8-16-26/h1-2,5-8,13-16H,3-4,9-12,17-24,32H2,(H,33,36)(H,34,37). The zero-order valence-electron chi connectivity index (χ0n) is 24.5. The van der Waals surface area contributed by atoms with Crippen molar-refractivity contribution >= 4 is 37.4 Å². The highest BCUT2D eigenvalue weighted by molar-refractivity contribution is 6.57. The van der Waals surface area contributed by atoms with Crippen LogP contribution in [-0.2, 0) is 41.9 Å². The zero-order valence-corrected chi connectivity index (χ0v) is 24.5. The number of carbonyl (C=O) groups is 5. The lowest BCUT2D eigenvalue weighted by molar-refractivity contribution is -0.146. The Labute approximate surface area is 248 Å². The lowest BCUT2D eigenvalue weighted by Crippen LogP contribution is -2.45. The van der Waals surface area contributed by atoms with E-state index >= 15 is 0 Å². The molecule has 226 valence electrons. The Bertz CT molecular complexity index is 1030. The highest BCUT2D eigenvalue weighted by Gasteiger charge is 2.16. The van der Waals surface area contributed by atoms with Crippen LogP contribution in [0.4, 0.5) is 4.79 Å². The van der Waals surface area contributed by atoms with Crippen molar-refractivity contribution in [2.45, 2.75) is 64.6 Å². The number of hydrogen-bond donors (Lipinski definition) is 2. The predicted octanol–water partition coefficient (Wildman–Crippen LogP) is 2.88. The van der Waals surface area contributed by atoms with Crippen molar-refractivity contribution in [2.75, 3.05) is 26.2 Å². The van der Waals surface area contributed by atoms with E-state index in [9.17, 15) is 24.0 Å². The van der Waals surface area contributed by atoms with Crippen LogP contribution in [0.25, 0.3) is 0 Å². The second kappa shape index (κ2) is 20.7. The minimum Gasteiger partial charge on any atom is -0.461 e. The third-order valence-electron chi connectivity index (χ3n) is 6.36. The number of esters is 2. The minimum atomic E-state index is -0.372. The number of nitrogens with zero attached hydrogens (tertiary/aromatic N) is 1. The number of amides is 3. The Hall–Kier alpha value is -4.15. The Balaban J connectivity index is 1.48. The molecule has 0 radical (unpaired) electrons. The molecular formula is C31H42BN3O7. The minimum absolute atomic E-state index is 0.209. The zero-order chi connectivity index (χ0) is 30.4. The monoisotopic (exact) mass is 579 g/mol. The van der Waals surface area contributed by atoms with Gasteiger partial charge in [-0.05, 0) is 36.8 Å². The predicted molar refractivity (Wildman–Crippen MR) is 161 cm³/mol. The van der Waals surface area contributed by atoms with Crippen molar-refractivity contribution in [3.05, 3.63) is 71.8 Å². The highest BCUT2D eigenvalue weighted by Crippen LogP contribution is 2.06. The number of carbonyl (C=O) groups excluding carboxylic acids is 5. The van der Waals surface area contributed by atoms with Gasteiger partial charge < -0.3 is 25.0 Å². The summed E-state index contributed by atoms with van der Waals surface area (Å²) in [6.45, 7) is 0.924. The molecule has 3 amide bonds. The largest absolute Gasteiger partial charge is 0.461 e. The Kier molecular flexibility index (Phi) is 16.8. The molecule has 0 saturated heterocycles. The van der Waals surface area contributed by atoms with Gasteiger partial charge in [-0.2, -0.15) is 0 Å². The van der Waals surface area contributed by atoms with Crippen LogP contribution in [0.15, 0.2) is 60.7 Å². The first-order valence-electron chi connectivity index (χ1n) is 14.5. The normalized spacial score (nSPS) is 10.4. The molecule has 0 aliphatic heterocycles. The van der Waals surface area contributed by atoms with E-state index in [-0.39, 0.29) is 55.9 Å². The summed E-state index contributed by atoms with van der Waals surface area (Å²) in [5, 5.41) is 5.50. The Morgan fingerprint density at radius 1 is 0.595 bits per heavy atom. The van der Waals surface area contributed by atoms with Crippen LogP contribution in [0.1, 0.15) is 62.5 Å². The second-order valence-corrected chi connectivity index (χ2v) is 9.99. The van der Waals surface area contributed by atoms with E-state index < -0.39 is 0 Å². The summed E-state index contributed by atoms with van der Waals surface area (Å²) >= 11 is 0. The van der Waals surface area contributed by atoms with E-state index in [1.807, 2.05) is 60.7 Å². The van der Waals surface area contributed by atoms with Crippen molar-refractivity contribution < 1.29 is 33.4 Å². The summed E-state index contributed by atoms with van der Waals surface area (Å²) in [5.41, 5.74) is 1.88. The third kappa shape index (κ3) is 16.2. The van der Waals surface area contributed by atoms with Gasteiger partial charge in [-0.3, -0.25) is 24.0 Å². The maximum atomic E-state index is 12.3. The molecule has 2 aromatic rings. The average Bonchev–Trinajstić information content (AvgIpc) is 2.99. The van der Waals surface area contributed by atoms with Gasteiger partial charge in [0.05, 0.1) is 13.1 Å². The highest BCUT2D eigenvalue weighted by atomic mass is 16.5. The number of nitrogens with one attached hydrogen (secondary N) is 2. The fraction of sp³-hybridized carbons (Fsp3) is 0.452. The molecule has 0 unspecified atom stereocenters. The lowest BCUT2D eigenvalue weighted by Gasteiger charge is -2.20. The van der Waals surface area contributed by atoms with Gasteiger partial charge in [0.1, 0.15) is 13.2 Å². The summed E-state index contributed by atoms with van der Waals surface area (Å²) in [7, 11) is 1.31. The van der Waals surface area contributed by atoms with Crippen LogP contribution in [0.2, 0.25) is 0 Å². The van der Waals surface area contributed by atoms with Crippen LogP contribution in [0.5, 0.6) is 0 Å². The van der Waals surface area contributed by atoms with Crippen molar-refractivity contribution in [3.63, 3.8) is 0 Å². The van der Waals surface area contributed by atoms with Crippen LogP contribution in [0, 0.1) is 0 Å². The first-order valence-corrected chi connectivity index (χ1v) is 14.5. The summed E-state index contributed by atoms with van der Waals surface area (Å²) in [4.78, 5) is 61.4. The summed E-state index contributed by atoms with van der Waals surface area (Å²) in [5.74, 6) is -1.57. The summed E-state index contributed by atoms with van der Waals surface area (Å²) < 4.78 is 10.5. The second-order valence-electron chi connectivity index (χ2n) is 9.99. The number of unbranched alkanes of at least 4 members (excludes halogenated alkanes) is 4. The van der Waals surface area contributed by atoms with E-state index in [1.165, 1.54) is 12.7 Å². The molecule has 2 N–H and O–H groups in total. The van der Waals surface area contributed by atoms with Crippen molar-refractivity contribution in [3.8, 4) is 0 Å². The average molecular weight is 580 g/mol. The van der Waals surface area contributed by atoms with Gasteiger partial charge in [0.25, 0.3) is 0 Å². The molecule has 42 heavy (non-hydrogen) atoms. The molecule has 0 spiro atoms. The van der Waals surface area contributed by atoms with Gasteiger partial charge in [-0.15, -0.1) is 0 Å². The molecule has 0 aliphatic rings. The quantitative estimate of drug-likeness (QED) is 0.140. The molecule has 0 fully saturated rings. The topological polar surface area (TPSA) is 131 Å². The maximum absolute atomic E-state index is 12.3. The van der Waals surface area contributed by atoms with Gasteiger partial charge in [0.2, 0.25) is 19.7 Å². The van der Waals surface area contributed by atoms with Gasteiger partial charge in [-0.1, -0.05) is 73.5 Å². The van der Waals surface area contributed by atoms with Crippen molar-refractivity contribution in [1.29, 1.82) is 0 Å². The number of rotatable bonds is 20. The number of hydrogen-bond acceptors (Lipinski definition) is 7. The molecule has 2 rings (SSSR count). The van der Waals surface area contributed by atoms with Gasteiger partial charge in [0.15, 0.2) is 5.81 Å². The van der Waals surface area contributed by atoms with Crippen LogP contribution < -0.4 is 10.6 Å². The van der Waals surface area contributed by atoms with Crippen LogP contribution >= 0.6 is 0 Å². The summed E-state index contributed by atoms with van der Waals surface area (Å²) in [6, 6.07) is 19.0. The maximum Gasteiger partial charge on any atom is 0.306 e. The Morgan fingerprint density at radius 3 is 1.38 bits per heavy atom. The fourth-order valence-electron chi connectivity index (χ4n) is 3.96. The van der Waals surface area contributed by atoms with E-state index in [2.05, 4.69) is 10.6 Å². The molecular weight excluding hydrogens is 537 g/mol. The first-order chi connectivity index (χ1) is 20.3. The smallest absolute Gasteiger partial charge is 0.306 e. The molecule has 0 saturated carbocycles. The molecule has 0 aliphatic carbocycles. The van der Waals surface area contributed by atoms with Crippen molar-refractivity contribution in [1.82, 2.24) is 15.5 Å². The lowest BCUT2D eigenvalue weighted by atomic mass is 10.1. The number of benzene rings is 2. The molecule has 0 aromatic heterocycles. The summed E-state index contributed by atoms with van der Waals surface area (Å²) in [6.07, 6.45) is 4.79. The van der Waals surface area contributed by atoms with E-state index in [0.717, 1.165) is 24.0 Å². The first kappa shape index (κ1) is 34.1. The van der Waals surface area contributed by atoms with Crippen LogP contribution in [0.3, 0.4) is 0 Å². The van der Waals surface area contributed by atoms with E-state index in [4.69, 9.17) is 9.47 Å². The fourth-order valence-corrected chi connectivity index (χ4v) is 3.96.